The fourth-order valence-corrected chi connectivity index (χ4v) is 2.74. The molecule has 2 aromatic rings. The number of H-pyrrole nitrogens is 1. The van der Waals surface area contributed by atoms with Gasteiger partial charge in [0, 0.05) is 26.3 Å². The highest BCUT2D eigenvalue weighted by molar-refractivity contribution is 5.58. The molecule has 21 heavy (non-hydrogen) atoms. The summed E-state index contributed by atoms with van der Waals surface area (Å²) in [5.41, 5.74) is 1.51. The van der Waals surface area contributed by atoms with Crippen LogP contribution >= 0.6 is 0 Å². The highest BCUT2D eigenvalue weighted by Crippen LogP contribution is 2.36. The van der Waals surface area contributed by atoms with Crippen LogP contribution < -0.4 is 4.90 Å². The number of aromatic nitrogens is 4. The first kappa shape index (κ1) is 13.5. The predicted octanol–water partition coefficient (Wildman–Crippen LogP) is 1.35. The summed E-state index contributed by atoms with van der Waals surface area (Å²) in [5.74, 6) is 1.44. The van der Waals surface area contributed by atoms with Crippen LogP contribution in [-0.2, 0) is 4.74 Å². The van der Waals surface area contributed by atoms with Crippen molar-refractivity contribution in [1.82, 2.24) is 20.2 Å². The standard InChI is InChI=1S/C14H16N6O/c1-9-3-4-16-14(11(9)6-15)20-7-10(21-2)5-12(20)13-17-8-18-19-13/h3-4,8,10,12H,5,7H2,1-2H3,(H,17,18,19)/t10-,12+/m1/s1. The smallest absolute Gasteiger partial charge is 0.147 e. The fraction of sp³-hybridized carbons (Fsp3) is 0.429. The molecule has 0 bridgehead atoms. The molecular formula is C14H16N6O. The van der Waals surface area contributed by atoms with Crippen LogP contribution in [0.3, 0.4) is 0 Å². The van der Waals surface area contributed by atoms with Gasteiger partial charge in [0.15, 0.2) is 0 Å². The number of nitriles is 1. The number of nitrogens with one attached hydrogen (secondary N) is 1. The van der Waals surface area contributed by atoms with Gasteiger partial charge >= 0.3 is 0 Å². The third kappa shape index (κ3) is 2.34. The molecule has 0 aromatic carbocycles. The first-order chi connectivity index (χ1) is 10.2. The maximum Gasteiger partial charge on any atom is 0.147 e. The summed E-state index contributed by atoms with van der Waals surface area (Å²) >= 11 is 0. The lowest BCUT2D eigenvalue weighted by molar-refractivity contribution is 0.118. The molecule has 1 saturated heterocycles. The van der Waals surface area contributed by atoms with E-state index in [0.717, 1.165) is 17.8 Å². The summed E-state index contributed by atoms with van der Waals surface area (Å²) in [4.78, 5) is 10.7. The lowest BCUT2D eigenvalue weighted by Crippen LogP contribution is -2.27. The third-order valence-corrected chi connectivity index (χ3v) is 3.87. The van der Waals surface area contributed by atoms with Gasteiger partial charge in [0.05, 0.1) is 17.7 Å². The van der Waals surface area contributed by atoms with E-state index in [1.807, 2.05) is 13.0 Å². The van der Waals surface area contributed by atoms with E-state index in [2.05, 4.69) is 31.1 Å². The summed E-state index contributed by atoms with van der Waals surface area (Å²) in [7, 11) is 1.69. The van der Waals surface area contributed by atoms with E-state index in [-0.39, 0.29) is 12.1 Å². The number of pyridine rings is 1. The van der Waals surface area contributed by atoms with Gasteiger partial charge in [0.1, 0.15) is 24.0 Å². The fourth-order valence-electron chi connectivity index (χ4n) is 2.74. The van der Waals surface area contributed by atoms with Gasteiger partial charge in [-0.15, -0.1) is 0 Å². The number of anilines is 1. The maximum atomic E-state index is 9.42. The zero-order chi connectivity index (χ0) is 14.8. The van der Waals surface area contributed by atoms with Crippen molar-refractivity contribution in [2.24, 2.45) is 0 Å². The normalized spacial score (nSPS) is 21.5. The summed E-state index contributed by atoms with van der Waals surface area (Å²) in [6.45, 7) is 2.59. The van der Waals surface area contributed by atoms with Gasteiger partial charge in [-0.05, 0) is 18.6 Å². The Balaban J connectivity index is 2.03. The Hall–Kier alpha value is -2.46. The zero-order valence-electron chi connectivity index (χ0n) is 11.9. The lowest BCUT2D eigenvalue weighted by Gasteiger charge is -2.25. The molecule has 1 fully saturated rings. The zero-order valence-corrected chi connectivity index (χ0v) is 11.9. The number of ether oxygens (including phenoxy) is 1. The van der Waals surface area contributed by atoms with Crippen molar-refractivity contribution in [3.63, 3.8) is 0 Å². The number of aryl methyl sites for hydroxylation is 1. The van der Waals surface area contributed by atoms with Crippen LogP contribution in [0.2, 0.25) is 0 Å². The molecule has 3 heterocycles. The molecule has 0 saturated carbocycles. The number of aromatic amines is 1. The van der Waals surface area contributed by atoms with Crippen LogP contribution in [0.25, 0.3) is 0 Å². The van der Waals surface area contributed by atoms with Crippen molar-refractivity contribution in [1.29, 1.82) is 5.26 Å². The first-order valence-corrected chi connectivity index (χ1v) is 6.75. The van der Waals surface area contributed by atoms with Crippen LogP contribution in [0.4, 0.5) is 5.82 Å². The third-order valence-electron chi connectivity index (χ3n) is 3.87. The topological polar surface area (TPSA) is 90.7 Å². The maximum absolute atomic E-state index is 9.42. The molecule has 2 aromatic heterocycles. The summed E-state index contributed by atoms with van der Waals surface area (Å²) in [5, 5.41) is 16.2. The van der Waals surface area contributed by atoms with Crippen molar-refractivity contribution in [3.05, 3.63) is 35.5 Å². The Bertz CT molecular complexity index is 663. The lowest BCUT2D eigenvalue weighted by atomic mass is 10.1. The highest BCUT2D eigenvalue weighted by Gasteiger charge is 2.37. The Morgan fingerprint density at radius 1 is 1.48 bits per heavy atom. The molecule has 0 radical (unpaired) electrons. The molecule has 0 unspecified atom stereocenters. The van der Waals surface area contributed by atoms with Gasteiger partial charge in [-0.3, -0.25) is 5.10 Å². The molecule has 7 heteroatoms. The van der Waals surface area contributed by atoms with E-state index in [1.165, 1.54) is 6.33 Å². The Kier molecular flexibility index (Phi) is 3.54. The van der Waals surface area contributed by atoms with Crippen LogP contribution in [0.5, 0.6) is 0 Å². The van der Waals surface area contributed by atoms with Gasteiger partial charge in [-0.25, -0.2) is 9.97 Å². The Morgan fingerprint density at radius 3 is 3.00 bits per heavy atom. The first-order valence-electron chi connectivity index (χ1n) is 6.75. The minimum atomic E-state index is -0.0150. The van der Waals surface area contributed by atoms with Crippen molar-refractivity contribution in [2.75, 3.05) is 18.6 Å². The molecular weight excluding hydrogens is 268 g/mol. The van der Waals surface area contributed by atoms with Gasteiger partial charge in [-0.1, -0.05) is 0 Å². The van der Waals surface area contributed by atoms with E-state index < -0.39 is 0 Å². The SMILES string of the molecule is CO[C@@H]1C[C@@H](c2ncn[nH]2)N(c2nccc(C)c2C#N)C1. The Morgan fingerprint density at radius 2 is 2.33 bits per heavy atom. The molecule has 1 aliphatic heterocycles. The molecule has 2 atom stereocenters. The predicted molar refractivity (Wildman–Crippen MR) is 75.6 cm³/mol. The summed E-state index contributed by atoms with van der Waals surface area (Å²) in [6.07, 6.45) is 4.08. The number of nitrogens with zero attached hydrogens (tertiary/aromatic N) is 5. The van der Waals surface area contributed by atoms with E-state index in [4.69, 9.17) is 4.74 Å². The second-order valence-electron chi connectivity index (χ2n) is 5.07. The average Bonchev–Trinajstić information content (AvgIpc) is 3.15. The van der Waals surface area contributed by atoms with Crippen LogP contribution in [0, 0.1) is 18.3 Å². The van der Waals surface area contributed by atoms with Crippen molar-refractivity contribution in [2.45, 2.75) is 25.5 Å². The molecule has 0 spiro atoms. The van der Waals surface area contributed by atoms with E-state index in [9.17, 15) is 5.26 Å². The number of hydrogen-bond acceptors (Lipinski definition) is 6. The summed E-state index contributed by atoms with van der Waals surface area (Å²) < 4.78 is 5.48. The van der Waals surface area contributed by atoms with Crippen LogP contribution in [-0.4, -0.2) is 39.9 Å². The quantitative estimate of drug-likeness (QED) is 0.914. The molecule has 108 valence electrons. The van der Waals surface area contributed by atoms with Crippen molar-refractivity contribution in [3.8, 4) is 6.07 Å². The van der Waals surface area contributed by atoms with E-state index in [0.29, 0.717) is 17.9 Å². The van der Waals surface area contributed by atoms with Gasteiger partial charge in [0.2, 0.25) is 0 Å². The van der Waals surface area contributed by atoms with E-state index >= 15 is 0 Å². The second kappa shape index (κ2) is 5.50. The van der Waals surface area contributed by atoms with Crippen molar-refractivity contribution >= 4 is 5.82 Å². The van der Waals surface area contributed by atoms with Crippen molar-refractivity contribution < 1.29 is 4.74 Å². The number of methoxy groups -OCH3 is 1. The molecule has 0 aliphatic carbocycles. The van der Waals surface area contributed by atoms with Gasteiger partial charge in [0.25, 0.3) is 0 Å². The van der Waals surface area contributed by atoms with Gasteiger partial charge < -0.3 is 9.64 Å². The van der Waals surface area contributed by atoms with E-state index in [1.54, 1.807) is 13.3 Å². The van der Waals surface area contributed by atoms with Crippen LogP contribution in [0.15, 0.2) is 18.6 Å². The average molecular weight is 284 g/mol. The molecule has 7 nitrogen and oxygen atoms in total. The second-order valence-corrected chi connectivity index (χ2v) is 5.07. The molecule has 1 N–H and O–H groups in total. The molecule has 3 rings (SSSR count). The molecule has 0 amide bonds. The number of rotatable bonds is 3. The number of hydrogen-bond donors (Lipinski definition) is 1. The minimum Gasteiger partial charge on any atom is -0.380 e. The van der Waals surface area contributed by atoms with Crippen LogP contribution in [0.1, 0.15) is 29.4 Å². The monoisotopic (exact) mass is 284 g/mol. The summed E-state index contributed by atoms with van der Waals surface area (Å²) in [6, 6.07) is 4.08. The largest absolute Gasteiger partial charge is 0.380 e. The molecule has 1 aliphatic rings. The minimum absolute atomic E-state index is 0.0150. The van der Waals surface area contributed by atoms with Gasteiger partial charge in [-0.2, -0.15) is 10.4 Å². The highest BCUT2D eigenvalue weighted by atomic mass is 16.5. The Labute approximate surface area is 122 Å².